The average Bonchev–Trinajstić information content (AvgIpc) is 2.66. The Morgan fingerprint density at radius 2 is 2.14 bits per heavy atom. The van der Waals surface area contributed by atoms with Crippen molar-refractivity contribution in [3.8, 4) is 0 Å². The summed E-state index contributed by atoms with van der Waals surface area (Å²) in [5, 5.41) is 0.154. The number of hydrogen-bond donors (Lipinski definition) is 2. The fraction of sp³-hybridized carbons (Fsp3) is 0.500. The highest BCUT2D eigenvalue weighted by molar-refractivity contribution is 5.75. The van der Waals surface area contributed by atoms with Crippen molar-refractivity contribution in [2.24, 2.45) is 5.92 Å². The highest BCUT2D eigenvalue weighted by Gasteiger charge is 2.35. The largest absolute Gasteiger partial charge is 0.405 e. The molecule has 2 aromatic heterocycles. The summed E-state index contributed by atoms with van der Waals surface area (Å²) in [6.45, 7) is 1.56. The van der Waals surface area contributed by atoms with Crippen molar-refractivity contribution in [1.82, 2.24) is 9.97 Å². The monoisotopic (exact) mass is 294 g/mol. The lowest BCUT2D eigenvalue weighted by atomic mass is 9.95. The summed E-state index contributed by atoms with van der Waals surface area (Å²) in [4.78, 5) is 39.1. The Hall–Kier alpha value is -2.18. The maximum absolute atomic E-state index is 13.9. The Morgan fingerprint density at radius 1 is 1.38 bits per heavy atom. The van der Waals surface area contributed by atoms with Gasteiger partial charge in [-0.3, -0.25) is 14.8 Å². The van der Waals surface area contributed by atoms with Crippen LogP contribution in [0.15, 0.2) is 24.9 Å². The van der Waals surface area contributed by atoms with Gasteiger partial charge in [-0.05, 0) is 44.1 Å². The number of nitrogens with one attached hydrogen (secondary N) is 2. The van der Waals surface area contributed by atoms with Gasteiger partial charge in [-0.2, -0.15) is 0 Å². The first-order chi connectivity index (χ1) is 9.84. The van der Waals surface area contributed by atoms with Crippen LogP contribution < -0.4 is 16.9 Å². The Morgan fingerprint density at radius 3 is 2.81 bits per heavy atom. The molecule has 0 radical (unpaired) electrons. The number of hydrogen-bond acceptors (Lipinski definition) is 4. The zero-order valence-electron chi connectivity index (χ0n) is 11.5. The van der Waals surface area contributed by atoms with Gasteiger partial charge in [-0.15, -0.1) is 0 Å². The van der Waals surface area contributed by atoms with Gasteiger partial charge in [0.25, 0.3) is 5.56 Å². The topological polar surface area (TPSA) is 95.9 Å². The van der Waals surface area contributed by atoms with Crippen molar-refractivity contribution in [1.29, 1.82) is 0 Å². The van der Waals surface area contributed by atoms with E-state index in [1.54, 1.807) is 6.92 Å². The zero-order chi connectivity index (χ0) is 15.2. The van der Waals surface area contributed by atoms with Gasteiger partial charge in [-0.25, -0.2) is 14.0 Å². The lowest BCUT2D eigenvalue weighted by Crippen LogP contribution is -2.24. The molecular formula is C14H15FN2O4. The molecule has 2 N–H and O–H groups in total. The van der Waals surface area contributed by atoms with E-state index in [9.17, 15) is 18.8 Å². The van der Waals surface area contributed by atoms with Gasteiger partial charge in [-0.1, -0.05) is 0 Å². The molecule has 2 atom stereocenters. The van der Waals surface area contributed by atoms with Crippen LogP contribution in [0, 0.1) is 5.92 Å². The standard InChI is InChI=1S/C14H15FN2O4/c1-14(15)3-2-7(6-14)4-8-5-9(18)21-12-10(8)11(19)16-13(20)17-12/h5,7H,2-4,6H2,1H3,(H2,16,17,19,20)/t7-,14?/m0/s1. The maximum Gasteiger partial charge on any atom is 0.337 e. The molecule has 1 aliphatic rings. The van der Waals surface area contributed by atoms with Crippen LogP contribution in [0.5, 0.6) is 0 Å². The van der Waals surface area contributed by atoms with Gasteiger partial charge >= 0.3 is 11.3 Å². The second-order valence-corrected chi connectivity index (χ2v) is 5.93. The van der Waals surface area contributed by atoms with E-state index < -0.39 is 22.5 Å². The molecule has 1 fully saturated rings. The van der Waals surface area contributed by atoms with Crippen LogP contribution in [0.3, 0.4) is 0 Å². The minimum atomic E-state index is -1.19. The Bertz CT molecular complexity index is 856. The number of aromatic nitrogens is 2. The third kappa shape index (κ3) is 2.68. The van der Waals surface area contributed by atoms with Crippen LogP contribution in [0.25, 0.3) is 11.1 Å². The molecule has 1 aliphatic carbocycles. The van der Waals surface area contributed by atoms with Gasteiger partial charge in [0.05, 0.1) is 0 Å². The first kappa shape index (κ1) is 13.8. The Balaban J connectivity index is 2.08. The number of alkyl halides is 1. The molecule has 3 rings (SSSR count). The molecule has 21 heavy (non-hydrogen) atoms. The second kappa shape index (κ2) is 4.68. The Labute approximate surface area is 118 Å². The fourth-order valence-corrected chi connectivity index (χ4v) is 3.14. The molecule has 0 aliphatic heterocycles. The fourth-order valence-electron chi connectivity index (χ4n) is 3.14. The SMILES string of the molecule is CC1(F)CC[C@@H](Cc2cc(=O)oc3[nH]c(=O)[nH]c(=O)c23)C1. The zero-order valence-corrected chi connectivity index (χ0v) is 11.5. The van der Waals surface area contributed by atoms with Gasteiger partial charge in [0, 0.05) is 6.07 Å². The molecule has 7 heteroatoms. The van der Waals surface area contributed by atoms with E-state index >= 15 is 0 Å². The normalized spacial score (nSPS) is 25.5. The van der Waals surface area contributed by atoms with E-state index in [1.807, 2.05) is 0 Å². The molecule has 1 saturated carbocycles. The van der Waals surface area contributed by atoms with Gasteiger partial charge < -0.3 is 4.42 Å². The van der Waals surface area contributed by atoms with Gasteiger partial charge in [0.15, 0.2) is 0 Å². The molecule has 0 saturated heterocycles. The third-order valence-electron chi connectivity index (χ3n) is 4.02. The molecule has 0 bridgehead atoms. The number of aromatic amines is 2. The summed E-state index contributed by atoms with van der Waals surface area (Å²) < 4.78 is 18.8. The van der Waals surface area contributed by atoms with Crippen LogP contribution in [-0.2, 0) is 6.42 Å². The average molecular weight is 294 g/mol. The minimum absolute atomic E-state index is 0.0660. The van der Waals surface area contributed by atoms with Crippen LogP contribution >= 0.6 is 0 Å². The van der Waals surface area contributed by atoms with Crippen molar-refractivity contribution in [2.75, 3.05) is 0 Å². The Kier molecular flexibility index (Phi) is 3.07. The predicted octanol–water partition coefficient (Wildman–Crippen LogP) is 1.24. The summed E-state index contributed by atoms with van der Waals surface area (Å²) in [5.74, 6) is 0.0660. The molecular weight excluding hydrogens is 279 g/mol. The van der Waals surface area contributed by atoms with Crippen molar-refractivity contribution < 1.29 is 8.81 Å². The maximum atomic E-state index is 13.9. The van der Waals surface area contributed by atoms with Crippen LogP contribution in [0.2, 0.25) is 0 Å². The molecule has 0 amide bonds. The van der Waals surface area contributed by atoms with E-state index in [0.29, 0.717) is 31.2 Å². The van der Waals surface area contributed by atoms with Crippen LogP contribution in [0.1, 0.15) is 31.7 Å². The summed E-state index contributed by atoms with van der Waals surface area (Å²) in [6, 6.07) is 1.24. The van der Waals surface area contributed by atoms with Gasteiger partial charge in [0.1, 0.15) is 11.1 Å². The predicted molar refractivity (Wildman–Crippen MR) is 74.3 cm³/mol. The van der Waals surface area contributed by atoms with Crippen LogP contribution in [-0.4, -0.2) is 15.6 Å². The molecule has 112 valence electrons. The van der Waals surface area contributed by atoms with Crippen molar-refractivity contribution >= 4 is 11.1 Å². The molecule has 2 aromatic rings. The third-order valence-corrected chi connectivity index (χ3v) is 4.02. The molecule has 0 aromatic carbocycles. The number of fused-ring (bicyclic) bond motifs is 1. The van der Waals surface area contributed by atoms with E-state index in [0.717, 1.165) is 0 Å². The van der Waals surface area contributed by atoms with E-state index in [1.165, 1.54) is 6.07 Å². The lowest BCUT2D eigenvalue weighted by Gasteiger charge is -2.13. The number of H-pyrrole nitrogens is 2. The summed E-state index contributed by atoms with van der Waals surface area (Å²) in [7, 11) is 0. The summed E-state index contributed by atoms with van der Waals surface area (Å²) in [5.41, 5.74) is -2.81. The summed E-state index contributed by atoms with van der Waals surface area (Å²) in [6.07, 6.45) is 1.99. The minimum Gasteiger partial charge on any atom is -0.405 e. The van der Waals surface area contributed by atoms with Gasteiger partial charge in [0.2, 0.25) is 5.71 Å². The van der Waals surface area contributed by atoms with E-state index in [4.69, 9.17) is 4.42 Å². The highest BCUT2D eigenvalue weighted by Crippen LogP contribution is 2.39. The van der Waals surface area contributed by atoms with E-state index in [2.05, 4.69) is 9.97 Å². The quantitative estimate of drug-likeness (QED) is 0.871. The first-order valence-corrected chi connectivity index (χ1v) is 6.82. The number of rotatable bonds is 2. The van der Waals surface area contributed by atoms with Crippen LogP contribution in [0.4, 0.5) is 4.39 Å². The summed E-state index contributed by atoms with van der Waals surface area (Å²) >= 11 is 0. The van der Waals surface area contributed by atoms with Crippen molar-refractivity contribution in [2.45, 2.75) is 38.3 Å². The van der Waals surface area contributed by atoms with Crippen molar-refractivity contribution in [3.05, 3.63) is 42.9 Å². The number of halogens is 1. The molecule has 2 heterocycles. The first-order valence-electron chi connectivity index (χ1n) is 6.82. The molecule has 6 nitrogen and oxygen atoms in total. The smallest absolute Gasteiger partial charge is 0.337 e. The molecule has 1 unspecified atom stereocenters. The highest BCUT2D eigenvalue weighted by atomic mass is 19.1. The second-order valence-electron chi connectivity index (χ2n) is 5.93. The van der Waals surface area contributed by atoms with E-state index in [-0.39, 0.29) is 17.0 Å². The lowest BCUT2D eigenvalue weighted by molar-refractivity contribution is 0.192. The van der Waals surface area contributed by atoms with Crippen molar-refractivity contribution in [3.63, 3.8) is 0 Å². The molecule has 0 spiro atoms.